The van der Waals surface area contributed by atoms with E-state index in [-0.39, 0.29) is 11.4 Å². The van der Waals surface area contributed by atoms with Gasteiger partial charge in [0, 0.05) is 18.0 Å². The minimum Gasteiger partial charge on any atom is -0.342 e. The fraction of sp³-hybridized carbons (Fsp3) is 0.0667. The maximum absolute atomic E-state index is 13.7. The number of benzene rings is 1. The van der Waals surface area contributed by atoms with Gasteiger partial charge in [0.15, 0.2) is 0 Å². The van der Waals surface area contributed by atoms with Crippen molar-refractivity contribution in [3.63, 3.8) is 0 Å². The summed E-state index contributed by atoms with van der Waals surface area (Å²) in [5.74, 6) is -0.917. The predicted octanol–water partition coefficient (Wildman–Crippen LogP) is 2.34. The Morgan fingerprint density at radius 2 is 2.14 bits per heavy atom. The highest BCUT2D eigenvalue weighted by Gasteiger charge is 2.10. The summed E-state index contributed by atoms with van der Waals surface area (Å²) >= 11 is 0. The number of rotatable bonds is 3. The van der Waals surface area contributed by atoms with Crippen molar-refractivity contribution in [2.24, 2.45) is 0 Å². The quantitative estimate of drug-likeness (QED) is 0.573. The summed E-state index contributed by atoms with van der Waals surface area (Å²) in [5, 5.41) is 8.67. The topological polar surface area (TPSA) is 67.2 Å². The highest BCUT2D eigenvalue weighted by molar-refractivity contribution is 5.96. The first kappa shape index (κ1) is 13.3. The van der Waals surface area contributed by atoms with Crippen LogP contribution in [0.3, 0.4) is 0 Å². The molecule has 0 aliphatic rings. The van der Waals surface area contributed by atoms with Gasteiger partial charge in [0.2, 0.25) is 0 Å². The lowest BCUT2D eigenvalue weighted by atomic mass is 10.2. The van der Waals surface area contributed by atoms with Crippen molar-refractivity contribution in [1.29, 1.82) is 0 Å². The van der Waals surface area contributed by atoms with Crippen LogP contribution in [0.15, 0.2) is 48.8 Å². The van der Waals surface area contributed by atoms with Gasteiger partial charge in [-0.15, -0.1) is 0 Å². The molecule has 0 saturated heterocycles. The Kier molecular flexibility index (Phi) is 3.37. The molecule has 21 heavy (non-hydrogen) atoms. The molecule has 0 radical (unpaired) electrons. The van der Waals surface area contributed by atoms with Gasteiger partial charge in [0.05, 0.1) is 23.1 Å². The van der Waals surface area contributed by atoms with Crippen LogP contribution in [-0.4, -0.2) is 20.7 Å². The number of hydroxylamine groups is 1. The molecule has 2 heterocycles. The van der Waals surface area contributed by atoms with Crippen LogP contribution in [-0.2, 0) is 6.54 Å². The van der Waals surface area contributed by atoms with Crippen molar-refractivity contribution in [1.82, 2.24) is 15.0 Å². The molecule has 0 aliphatic heterocycles. The van der Waals surface area contributed by atoms with Gasteiger partial charge >= 0.3 is 0 Å². The van der Waals surface area contributed by atoms with E-state index >= 15 is 0 Å². The number of hydrogen-bond acceptors (Lipinski definition) is 3. The second-order valence-corrected chi connectivity index (χ2v) is 4.60. The molecular weight excluding hydrogens is 273 g/mol. The van der Waals surface area contributed by atoms with Gasteiger partial charge in [-0.1, -0.05) is 18.2 Å². The van der Waals surface area contributed by atoms with Crippen molar-refractivity contribution in [3.05, 3.63) is 65.7 Å². The highest BCUT2D eigenvalue weighted by Crippen LogP contribution is 2.18. The average molecular weight is 285 g/mol. The molecule has 106 valence electrons. The molecule has 0 bridgehead atoms. The van der Waals surface area contributed by atoms with Crippen LogP contribution in [0.5, 0.6) is 0 Å². The molecule has 0 spiro atoms. The largest absolute Gasteiger partial charge is 0.342 e. The molecular formula is C15H12FN3O2. The van der Waals surface area contributed by atoms with E-state index in [1.54, 1.807) is 46.6 Å². The molecule has 0 unspecified atom stereocenters. The zero-order valence-corrected chi connectivity index (χ0v) is 11.0. The SMILES string of the molecule is O=C(NO)c1cnc2ccn(Cc3ccccc3F)c2c1. The Morgan fingerprint density at radius 1 is 1.33 bits per heavy atom. The van der Waals surface area contributed by atoms with E-state index in [1.807, 2.05) is 0 Å². The molecule has 1 aromatic carbocycles. The number of carbonyl (C=O) groups is 1. The lowest BCUT2D eigenvalue weighted by molar-refractivity contribution is 0.0706. The van der Waals surface area contributed by atoms with Gasteiger partial charge in [-0.2, -0.15) is 0 Å². The second kappa shape index (κ2) is 5.34. The fourth-order valence-corrected chi connectivity index (χ4v) is 2.20. The summed E-state index contributed by atoms with van der Waals surface area (Å²) in [6, 6.07) is 9.92. The summed E-state index contributed by atoms with van der Waals surface area (Å²) in [5.41, 5.74) is 3.74. The molecule has 5 nitrogen and oxygen atoms in total. The molecule has 6 heteroatoms. The standard InChI is InChI=1S/C15H12FN3O2/c16-12-4-2-1-3-10(12)9-19-6-5-13-14(19)7-11(8-17-13)15(20)18-21/h1-8,21H,9H2,(H,18,20). The lowest BCUT2D eigenvalue weighted by Crippen LogP contribution is -2.18. The van der Waals surface area contributed by atoms with Crippen LogP contribution < -0.4 is 5.48 Å². The van der Waals surface area contributed by atoms with E-state index < -0.39 is 5.91 Å². The van der Waals surface area contributed by atoms with Gasteiger partial charge in [-0.25, -0.2) is 9.87 Å². The molecule has 3 rings (SSSR count). The summed E-state index contributed by atoms with van der Waals surface area (Å²) < 4.78 is 15.5. The molecule has 0 atom stereocenters. The third-order valence-corrected chi connectivity index (χ3v) is 3.28. The molecule has 0 aliphatic carbocycles. The van der Waals surface area contributed by atoms with Crippen LogP contribution >= 0.6 is 0 Å². The first-order chi connectivity index (χ1) is 10.2. The number of halogens is 1. The normalized spacial score (nSPS) is 10.8. The van der Waals surface area contributed by atoms with Crippen molar-refractivity contribution in [2.75, 3.05) is 0 Å². The van der Waals surface area contributed by atoms with E-state index in [9.17, 15) is 9.18 Å². The van der Waals surface area contributed by atoms with Crippen LogP contribution in [0.4, 0.5) is 4.39 Å². The van der Waals surface area contributed by atoms with E-state index in [2.05, 4.69) is 4.98 Å². The number of nitrogens with one attached hydrogen (secondary N) is 1. The number of aromatic nitrogens is 2. The van der Waals surface area contributed by atoms with Crippen LogP contribution in [0.2, 0.25) is 0 Å². The first-order valence-corrected chi connectivity index (χ1v) is 6.32. The number of amides is 1. The minimum atomic E-state index is -0.636. The molecule has 2 N–H and O–H groups in total. The molecule has 0 fully saturated rings. The number of pyridine rings is 1. The number of nitrogens with zero attached hydrogens (tertiary/aromatic N) is 2. The zero-order chi connectivity index (χ0) is 14.8. The van der Waals surface area contributed by atoms with Crippen molar-refractivity contribution >= 4 is 16.9 Å². The Bertz CT molecular complexity index is 814. The predicted molar refractivity (Wildman–Crippen MR) is 74.5 cm³/mol. The molecule has 0 saturated carbocycles. The average Bonchev–Trinajstić information content (AvgIpc) is 2.91. The second-order valence-electron chi connectivity index (χ2n) is 4.60. The minimum absolute atomic E-state index is 0.235. The van der Waals surface area contributed by atoms with Gasteiger partial charge in [0.1, 0.15) is 5.82 Å². The smallest absolute Gasteiger partial charge is 0.276 e. The van der Waals surface area contributed by atoms with E-state index in [0.717, 1.165) is 0 Å². The Morgan fingerprint density at radius 3 is 2.90 bits per heavy atom. The Balaban J connectivity index is 2.03. The van der Waals surface area contributed by atoms with Gasteiger partial charge < -0.3 is 4.57 Å². The monoisotopic (exact) mass is 285 g/mol. The third-order valence-electron chi connectivity index (χ3n) is 3.28. The number of fused-ring (bicyclic) bond motifs is 1. The first-order valence-electron chi connectivity index (χ1n) is 6.32. The Hall–Kier alpha value is -2.73. The summed E-state index contributed by atoms with van der Waals surface area (Å²) in [6.07, 6.45) is 3.16. The van der Waals surface area contributed by atoms with Crippen LogP contribution in [0.1, 0.15) is 15.9 Å². The lowest BCUT2D eigenvalue weighted by Gasteiger charge is -2.07. The highest BCUT2D eigenvalue weighted by atomic mass is 19.1. The number of carbonyl (C=O) groups excluding carboxylic acids is 1. The Labute approximate surface area is 119 Å². The summed E-state index contributed by atoms with van der Waals surface area (Å²) in [6.45, 7) is 0.335. The summed E-state index contributed by atoms with van der Waals surface area (Å²) in [7, 11) is 0. The molecule has 1 amide bonds. The fourth-order valence-electron chi connectivity index (χ4n) is 2.20. The van der Waals surface area contributed by atoms with Crippen LogP contribution in [0.25, 0.3) is 11.0 Å². The zero-order valence-electron chi connectivity index (χ0n) is 11.0. The van der Waals surface area contributed by atoms with Gasteiger partial charge in [-0.05, 0) is 18.2 Å². The maximum Gasteiger partial charge on any atom is 0.276 e. The van der Waals surface area contributed by atoms with Gasteiger partial charge in [0.25, 0.3) is 5.91 Å². The van der Waals surface area contributed by atoms with E-state index in [4.69, 9.17) is 5.21 Å². The van der Waals surface area contributed by atoms with E-state index in [1.165, 1.54) is 12.3 Å². The number of hydrogen-bond donors (Lipinski definition) is 2. The van der Waals surface area contributed by atoms with Crippen molar-refractivity contribution < 1.29 is 14.4 Å². The van der Waals surface area contributed by atoms with Crippen molar-refractivity contribution in [3.8, 4) is 0 Å². The summed E-state index contributed by atoms with van der Waals surface area (Å²) in [4.78, 5) is 15.6. The molecule has 3 aromatic rings. The maximum atomic E-state index is 13.7. The van der Waals surface area contributed by atoms with Crippen molar-refractivity contribution in [2.45, 2.75) is 6.54 Å². The molecule has 2 aromatic heterocycles. The van der Waals surface area contributed by atoms with E-state index in [0.29, 0.717) is 23.1 Å². The van der Waals surface area contributed by atoms with Crippen LogP contribution in [0, 0.1) is 5.82 Å². The third kappa shape index (κ3) is 2.48. The van der Waals surface area contributed by atoms with Gasteiger partial charge in [-0.3, -0.25) is 15.0 Å².